The molecule has 6 heteroatoms. The van der Waals surface area contributed by atoms with Gasteiger partial charge in [-0.1, -0.05) is 5.21 Å². The van der Waals surface area contributed by atoms with Gasteiger partial charge in [0.15, 0.2) is 11.5 Å². The Morgan fingerprint density at radius 1 is 1.47 bits per heavy atom. The zero-order chi connectivity index (χ0) is 10.7. The minimum Gasteiger partial charge on any atom is -0.310 e. The van der Waals surface area contributed by atoms with E-state index in [0.717, 1.165) is 4.47 Å². The molecular formula is C9H6BrN5. The highest BCUT2D eigenvalue weighted by Gasteiger charge is 2.04. The van der Waals surface area contributed by atoms with Crippen molar-refractivity contribution >= 4 is 15.9 Å². The standard InChI is InChI=1S/C9H6BrN5/c1-11-5-8-6-15(14-13-8)9-3-2-7(10)4-12-9/h2-4,6H,5H2. The van der Waals surface area contributed by atoms with Crippen LogP contribution in [0, 0.1) is 6.57 Å². The molecule has 0 fully saturated rings. The van der Waals surface area contributed by atoms with Gasteiger partial charge in [0.2, 0.25) is 0 Å². The van der Waals surface area contributed by atoms with Gasteiger partial charge in [-0.25, -0.2) is 16.2 Å². The Balaban J connectivity index is 2.30. The number of halogens is 1. The van der Waals surface area contributed by atoms with Gasteiger partial charge >= 0.3 is 0 Å². The molecule has 0 saturated carbocycles. The molecule has 0 aliphatic carbocycles. The van der Waals surface area contributed by atoms with Gasteiger partial charge in [0.1, 0.15) is 0 Å². The van der Waals surface area contributed by atoms with Gasteiger partial charge < -0.3 is 4.85 Å². The molecule has 15 heavy (non-hydrogen) atoms. The average Bonchev–Trinajstić information content (AvgIpc) is 2.68. The predicted octanol–water partition coefficient (Wildman–Crippen LogP) is 1.84. The molecule has 5 nitrogen and oxygen atoms in total. The maximum Gasteiger partial charge on any atom is 0.259 e. The van der Waals surface area contributed by atoms with Crippen LogP contribution in [0.5, 0.6) is 0 Å². The molecule has 0 unspecified atom stereocenters. The molecule has 2 heterocycles. The summed E-state index contributed by atoms with van der Waals surface area (Å²) in [6, 6.07) is 3.69. The van der Waals surface area contributed by atoms with Crippen molar-refractivity contribution in [2.75, 3.05) is 0 Å². The lowest BCUT2D eigenvalue weighted by molar-refractivity contribution is 0.778. The van der Waals surface area contributed by atoms with E-state index in [1.807, 2.05) is 12.1 Å². The van der Waals surface area contributed by atoms with Crippen LogP contribution in [0.1, 0.15) is 5.69 Å². The smallest absolute Gasteiger partial charge is 0.259 e. The monoisotopic (exact) mass is 263 g/mol. The van der Waals surface area contributed by atoms with Crippen molar-refractivity contribution < 1.29 is 0 Å². The third-order valence-electron chi connectivity index (χ3n) is 1.73. The summed E-state index contributed by atoms with van der Waals surface area (Å²) < 4.78 is 2.46. The van der Waals surface area contributed by atoms with E-state index in [9.17, 15) is 0 Å². The third-order valence-corrected chi connectivity index (χ3v) is 2.20. The topological polar surface area (TPSA) is 48.0 Å². The fourth-order valence-corrected chi connectivity index (χ4v) is 1.30. The van der Waals surface area contributed by atoms with Crippen LogP contribution in [-0.4, -0.2) is 20.0 Å². The lowest BCUT2D eigenvalue weighted by Gasteiger charge is -1.97. The van der Waals surface area contributed by atoms with Crippen molar-refractivity contribution in [2.45, 2.75) is 6.54 Å². The molecule has 2 aromatic rings. The Kier molecular flexibility index (Phi) is 2.74. The highest BCUT2D eigenvalue weighted by molar-refractivity contribution is 9.10. The summed E-state index contributed by atoms with van der Waals surface area (Å²) in [7, 11) is 0. The molecule has 0 N–H and O–H groups in total. The molecule has 2 aromatic heterocycles. The van der Waals surface area contributed by atoms with E-state index < -0.39 is 0 Å². The van der Waals surface area contributed by atoms with Crippen LogP contribution in [0.4, 0.5) is 0 Å². The van der Waals surface area contributed by atoms with Crippen LogP contribution in [0.25, 0.3) is 10.7 Å². The zero-order valence-electron chi connectivity index (χ0n) is 7.63. The van der Waals surface area contributed by atoms with E-state index in [-0.39, 0.29) is 6.54 Å². The lowest BCUT2D eigenvalue weighted by Crippen LogP contribution is -1.97. The number of hydrogen-bond donors (Lipinski definition) is 0. The van der Waals surface area contributed by atoms with Crippen molar-refractivity contribution in [2.24, 2.45) is 0 Å². The second-order valence-corrected chi connectivity index (χ2v) is 3.72. The second kappa shape index (κ2) is 4.19. The predicted molar refractivity (Wildman–Crippen MR) is 57.2 cm³/mol. The van der Waals surface area contributed by atoms with E-state index in [0.29, 0.717) is 11.5 Å². The first-order chi connectivity index (χ1) is 7.29. The van der Waals surface area contributed by atoms with Gasteiger partial charge in [-0.15, -0.1) is 5.10 Å². The summed E-state index contributed by atoms with van der Waals surface area (Å²) in [5.74, 6) is 0.682. The van der Waals surface area contributed by atoms with Crippen LogP contribution in [0.3, 0.4) is 0 Å². The molecule has 2 rings (SSSR count). The van der Waals surface area contributed by atoms with Gasteiger partial charge in [0, 0.05) is 10.7 Å². The van der Waals surface area contributed by atoms with Crippen molar-refractivity contribution in [3.8, 4) is 5.82 Å². The zero-order valence-corrected chi connectivity index (χ0v) is 9.22. The van der Waals surface area contributed by atoms with E-state index in [2.05, 4.69) is 36.1 Å². The van der Waals surface area contributed by atoms with Crippen LogP contribution >= 0.6 is 15.9 Å². The summed E-state index contributed by atoms with van der Waals surface area (Å²) in [6.07, 6.45) is 3.39. The minimum atomic E-state index is 0.247. The summed E-state index contributed by atoms with van der Waals surface area (Å²) in [6.45, 7) is 6.95. The summed E-state index contributed by atoms with van der Waals surface area (Å²) >= 11 is 3.30. The molecule has 0 aliphatic rings. The maximum absolute atomic E-state index is 6.71. The second-order valence-electron chi connectivity index (χ2n) is 2.81. The molecule has 0 aromatic carbocycles. The minimum absolute atomic E-state index is 0.247. The van der Waals surface area contributed by atoms with Crippen LogP contribution < -0.4 is 0 Å². The largest absolute Gasteiger partial charge is 0.310 e. The van der Waals surface area contributed by atoms with Gasteiger partial charge in [0.05, 0.1) is 6.20 Å². The number of nitrogens with zero attached hydrogens (tertiary/aromatic N) is 5. The number of aromatic nitrogens is 4. The first-order valence-corrected chi connectivity index (χ1v) is 4.95. The number of pyridine rings is 1. The van der Waals surface area contributed by atoms with Gasteiger partial charge in [0.25, 0.3) is 6.54 Å². The Labute approximate surface area is 94.7 Å². The fraction of sp³-hybridized carbons (Fsp3) is 0.111. The van der Waals surface area contributed by atoms with Crippen LogP contribution in [0.15, 0.2) is 29.0 Å². The van der Waals surface area contributed by atoms with Crippen molar-refractivity contribution in [1.29, 1.82) is 0 Å². The quantitative estimate of drug-likeness (QED) is 0.777. The van der Waals surface area contributed by atoms with Crippen molar-refractivity contribution in [1.82, 2.24) is 20.0 Å². The van der Waals surface area contributed by atoms with Gasteiger partial charge in [-0.3, -0.25) is 0 Å². The third kappa shape index (κ3) is 2.19. The van der Waals surface area contributed by atoms with E-state index in [4.69, 9.17) is 6.57 Å². The van der Waals surface area contributed by atoms with E-state index in [1.165, 1.54) is 0 Å². The Bertz CT molecular complexity index is 496. The normalized spacial score (nSPS) is 9.87. The van der Waals surface area contributed by atoms with Crippen molar-refractivity contribution in [3.63, 3.8) is 0 Å². The molecule has 0 aliphatic heterocycles. The summed E-state index contributed by atoms with van der Waals surface area (Å²) in [5.41, 5.74) is 0.648. The molecule has 0 radical (unpaired) electrons. The molecule has 0 atom stereocenters. The SMILES string of the molecule is [C-]#[N+]Cc1cn(-c2ccc(Br)cn2)nn1. The highest BCUT2D eigenvalue weighted by Crippen LogP contribution is 2.10. The molecule has 0 amide bonds. The van der Waals surface area contributed by atoms with E-state index >= 15 is 0 Å². The Morgan fingerprint density at radius 2 is 2.33 bits per heavy atom. The first kappa shape index (κ1) is 9.80. The summed E-state index contributed by atoms with van der Waals surface area (Å²) in [5, 5.41) is 7.73. The van der Waals surface area contributed by atoms with Gasteiger partial charge in [-0.2, -0.15) is 0 Å². The lowest BCUT2D eigenvalue weighted by atomic mass is 10.4. The van der Waals surface area contributed by atoms with Crippen molar-refractivity contribution in [3.05, 3.63) is 46.1 Å². The molecule has 0 saturated heterocycles. The van der Waals surface area contributed by atoms with E-state index in [1.54, 1.807) is 17.1 Å². The average molecular weight is 264 g/mol. The number of hydrogen-bond acceptors (Lipinski definition) is 3. The first-order valence-electron chi connectivity index (χ1n) is 4.16. The molecule has 0 bridgehead atoms. The summed E-state index contributed by atoms with van der Waals surface area (Å²) in [4.78, 5) is 7.39. The fourth-order valence-electron chi connectivity index (χ4n) is 1.07. The maximum atomic E-state index is 6.71. The van der Waals surface area contributed by atoms with Crippen LogP contribution in [-0.2, 0) is 6.54 Å². The highest BCUT2D eigenvalue weighted by atomic mass is 79.9. The Morgan fingerprint density at radius 3 is 3.00 bits per heavy atom. The molecule has 74 valence electrons. The molecular weight excluding hydrogens is 258 g/mol. The molecule has 0 spiro atoms. The van der Waals surface area contributed by atoms with Gasteiger partial charge in [-0.05, 0) is 28.1 Å². The van der Waals surface area contributed by atoms with Crippen LogP contribution in [0.2, 0.25) is 0 Å². The Hall–Kier alpha value is -1.74. The number of rotatable bonds is 2.